The number of rotatable bonds is 5. The summed E-state index contributed by atoms with van der Waals surface area (Å²) in [5.74, 6) is 0. The molecule has 138 valence electrons. The van der Waals surface area contributed by atoms with E-state index in [-0.39, 0.29) is 0 Å². The molecule has 0 bridgehead atoms. The van der Waals surface area contributed by atoms with Crippen LogP contribution in [0.3, 0.4) is 0 Å². The van der Waals surface area contributed by atoms with Gasteiger partial charge in [-0.1, -0.05) is 29.3 Å². The molecule has 2 nitrogen and oxygen atoms in total. The van der Waals surface area contributed by atoms with Crippen LogP contribution in [0.5, 0.6) is 0 Å². The number of nitrogens with zero attached hydrogens (tertiary/aromatic N) is 2. The number of hydrogen-bond acceptors (Lipinski definition) is 2. The van der Waals surface area contributed by atoms with Gasteiger partial charge >= 0.3 is 0 Å². The average Bonchev–Trinajstić information content (AvgIpc) is 3.28. The van der Waals surface area contributed by atoms with E-state index in [2.05, 4.69) is 28.0 Å². The van der Waals surface area contributed by atoms with Crippen molar-refractivity contribution in [2.75, 3.05) is 26.2 Å². The third-order valence-corrected chi connectivity index (χ3v) is 5.89. The Morgan fingerprint density at radius 3 is 1.46 bits per heavy atom. The van der Waals surface area contributed by atoms with Gasteiger partial charge < -0.3 is 0 Å². The number of halogens is 2. The molecule has 4 heteroatoms. The Bertz CT molecular complexity index is 706. The topological polar surface area (TPSA) is 6.48 Å². The predicted molar refractivity (Wildman–Crippen MR) is 111 cm³/mol. The summed E-state index contributed by atoms with van der Waals surface area (Å²) in [6, 6.07) is 12.9. The maximum absolute atomic E-state index is 6.25. The van der Waals surface area contributed by atoms with Gasteiger partial charge in [0, 0.05) is 23.1 Å². The second-order valence-electron chi connectivity index (χ2n) is 7.66. The van der Waals surface area contributed by atoms with E-state index in [1.165, 1.54) is 68.6 Å². The Morgan fingerprint density at radius 1 is 0.577 bits per heavy atom. The average molecular weight is 389 g/mol. The molecule has 0 radical (unpaired) electrons. The molecule has 2 aromatic rings. The highest BCUT2D eigenvalue weighted by atomic mass is 35.5. The minimum Gasteiger partial charge on any atom is -0.299 e. The van der Waals surface area contributed by atoms with Crippen LogP contribution in [0.25, 0.3) is 11.1 Å². The van der Waals surface area contributed by atoms with Crippen LogP contribution in [0, 0.1) is 0 Å². The first-order valence-corrected chi connectivity index (χ1v) is 10.5. The fourth-order valence-electron chi connectivity index (χ4n) is 4.23. The largest absolute Gasteiger partial charge is 0.299 e. The fourth-order valence-corrected chi connectivity index (χ4v) is 4.76. The molecule has 4 rings (SSSR count). The summed E-state index contributed by atoms with van der Waals surface area (Å²) in [5, 5.41) is 1.39. The van der Waals surface area contributed by atoms with E-state index in [0.717, 1.165) is 18.7 Å². The van der Waals surface area contributed by atoms with Crippen molar-refractivity contribution in [1.82, 2.24) is 9.80 Å². The summed E-state index contributed by atoms with van der Waals surface area (Å²) < 4.78 is 0. The Balaban J connectivity index is 1.66. The van der Waals surface area contributed by atoms with Crippen LogP contribution >= 0.6 is 23.2 Å². The molecule has 0 unspecified atom stereocenters. The third kappa shape index (κ3) is 4.61. The van der Waals surface area contributed by atoms with Crippen molar-refractivity contribution < 1.29 is 0 Å². The zero-order valence-corrected chi connectivity index (χ0v) is 16.7. The summed E-state index contributed by atoms with van der Waals surface area (Å²) >= 11 is 12.5. The van der Waals surface area contributed by atoms with Crippen LogP contribution in [0.15, 0.2) is 36.4 Å². The minimum atomic E-state index is 0.693. The third-order valence-electron chi connectivity index (χ3n) is 5.46. The van der Waals surface area contributed by atoms with E-state index in [1.807, 2.05) is 12.1 Å². The van der Waals surface area contributed by atoms with Crippen LogP contribution < -0.4 is 0 Å². The SMILES string of the molecule is Clc1cc(Cl)cc(-c2cc(CN3CCCC3)cc(CN3CCCC3)c2)c1. The molecule has 2 saturated heterocycles. The smallest absolute Gasteiger partial charge is 0.0426 e. The Hall–Kier alpha value is -1.06. The van der Waals surface area contributed by atoms with Crippen LogP contribution in [-0.4, -0.2) is 36.0 Å². The summed E-state index contributed by atoms with van der Waals surface area (Å²) in [5.41, 5.74) is 5.12. The predicted octanol–water partition coefficient (Wildman–Crippen LogP) is 5.85. The molecular formula is C22H26Cl2N2. The first-order chi connectivity index (χ1) is 12.7. The highest BCUT2D eigenvalue weighted by Gasteiger charge is 2.16. The summed E-state index contributed by atoms with van der Waals surface area (Å²) in [6.45, 7) is 6.94. The van der Waals surface area contributed by atoms with Crippen LogP contribution in [0.4, 0.5) is 0 Å². The van der Waals surface area contributed by atoms with Gasteiger partial charge in [-0.3, -0.25) is 9.80 Å². The standard InChI is InChI=1S/C22H26Cl2N2/c23-21-12-20(13-22(24)14-21)19-10-17(15-25-5-1-2-6-25)9-18(11-19)16-26-7-3-4-8-26/h9-14H,1-8,15-16H2. The fraction of sp³-hybridized carbons (Fsp3) is 0.455. The van der Waals surface area contributed by atoms with E-state index in [9.17, 15) is 0 Å². The number of benzene rings is 2. The monoisotopic (exact) mass is 388 g/mol. The van der Waals surface area contributed by atoms with Gasteiger partial charge in [-0.25, -0.2) is 0 Å². The van der Waals surface area contributed by atoms with E-state index in [4.69, 9.17) is 23.2 Å². The van der Waals surface area contributed by atoms with Crippen molar-refractivity contribution in [3.8, 4) is 11.1 Å². The van der Waals surface area contributed by atoms with Gasteiger partial charge in [0.25, 0.3) is 0 Å². The number of likely N-dealkylation sites (tertiary alicyclic amines) is 2. The first-order valence-electron chi connectivity index (χ1n) is 9.70. The Kier molecular flexibility index (Phi) is 5.85. The molecule has 0 N–H and O–H groups in total. The second kappa shape index (κ2) is 8.31. The lowest BCUT2D eigenvalue weighted by molar-refractivity contribution is 0.326. The van der Waals surface area contributed by atoms with Gasteiger partial charge in [0.1, 0.15) is 0 Å². The first kappa shape index (κ1) is 18.3. The molecule has 0 saturated carbocycles. The maximum atomic E-state index is 6.25. The molecule has 2 aliphatic rings. The molecule has 2 fully saturated rings. The molecule has 0 spiro atoms. The molecule has 0 aromatic heterocycles. The molecular weight excluding hydrogens is 363 g/mol. The number of hydrogen-bond donors (Lipinski definition) is 0. The quantitative estimate of drug-likeness (QED) is 0.633. The molecule has 0 atom stereocenters. The lowest BCUT2D eigenvalue weighted by Gasteiger charge is -2.19. The maximum Gasteiger partial charge on any atom is 0.0426 e. The molecule has 2 heterocycles. The van der Waals surface area contributed by atoms with Crippen molar-refractivity contribution in [3.05, 3.63) is 57.6 Å². The van der Waals surface area contributed by atoms with Gasteiger partial charge in [-0.05, 0) is 104 Å². The van der Waals surface area contributed by atoms with Crippen molar-refractivity contribution in [2.24, 2.45) is 0 Å². The minimum absolute atomic E-state index is 0.693. The lowest BCUT2D eigenvalue weighted by atomic mass is 9.99. The Morgan fingerprint density at radius 2 is 1.00 bits per heavy atom. The molecule has 2 aromatic carbocycles. The molecule has 26 heavy (non-hydrogen) atoms. The van der Waals surface area contributed by atoms with E-state index in [0.29, 0.717) is 10.0 Å². The van der Waals surface area contributed by atoms with Crippen molar-refractivity contribution in [3.63, 3.8) is 0 Å². The molecule has 0 amide bonds. The Labute approximate surface area is 166 Å². The molecule has 2 aliphatic heterocycles. The zero-order valence-electron chi connectivity index (χ0n) is 15.2. The van der Waals surface area contributed by atoms with Crippen molar-refractivity contribution in [2.45, 2.75) is 38.8 Å². The van der Waals surface area contributed by atoms with E-state index >= 15 is 0 Å². The van der Waals surface area contributed by atoms with Gasteiger partial charge in [0.15, 0.2) is 0 Å². The van der Waals surface area contributed by atoms with Crippen LogP contribution in [-0.2, 0) is 13.1 Å². The highest BCUT2D eigenvalue weighted by Crippen LogP contribution is 2.30. The molecule has 0 aliphatic carbocycles. The van der Waals surface area contributed by atoms with Gasteiger partial charge in [-0.15, -0.1) is 0 Å². The summed E-state index contributed by atoms with van der Waals surface area (Å²) in [7, 11) is 0. The zero-order chi connectivity index (χ0) is 17.9. The van der Waals surface area contributed by atoms with E-state index < -0.39 is 0 Å². The summed E-state index contributed by atoms with van der Waals surface area (Å²) in [6.07, 6.45) is 5.29. The van der Waals surface area contributed by atoms with Gasteiger partial charge in [-0.2, -0.15) is 0 Å². The van der Waals surface area contributed by atoms with Gasteiger partial charge in [0.2, 0.25) is 0 Å². The highest BCUT2D eigenvalue weighted by molar-refractivity contribution is 6.35. The van der Waals surface area contributed by atoms with Crippen molar-refractivity contribution >= 4 is 23.2 Å². The van der Waals surface area contributed by atoms with Crippen molar-refractivity contribution in [1.29, 1.82) is 0 Å². The van der Waals surface area contributed by atoms with Crippen LogP contribution in [0.2, 0.25) is 10.0 Å². The van der Waals surface area contributed by atoms with E-state index in [1.54, 1.807) is 6.07 Å². The van der Waals surface area contributed by atoms with Gasteiger partial charge in [0.05, 0.1) is 0 Å². The second-order valence-corrected chi connectivity index (χ2v) is 8.54. The van der Waals surface area contributed by atoms with Crippen LogP contribution in [0.1, 0.15) is 36.8 Å². The lowest BCUT2D eigenvalue weighted by Crippen LogP contribution is -2.20. The normalized spacial score (nSPS) is 18.7. The summed E-state index contributed by atoms with van der Waals surface area (Å²) in [4.78, 5) is 5.12.